The SMILES string of the molecule is CCCc1nc(Sc2ccc(OC)c(OC)c2)cn1Cc1cc2c(cc1Cl)OCO2. The molecule has 1 aliphatic heterocycles. The number of aromatic nitrogens is 2. The van der Waals surface area contributed by atoms with Crippen LogP contribution in [0.15, 0.2) is 46.5 Å². The van der Waals surface area contributed by atoms with Crippen molar-refractivity contribution in [2.24, 2.45) is 0 Å². The molecule has 0 N–H and O–H groups in total. The van der Waals surface area contributed by atoms with Crippen molar-refractivity contribution in [3.05, 3.63) is 52.9 Å². The number of halogens is 1. The van der Waals surface area contributed by atoms with E-state index in [1.165, 1.54) is 0 Å². The number of imidazole rings is 1. The Balaban J connectivity index is 1.59. The summed E-state index contributed by atoms with van der Waals surface area (Å²) in [5.41, 5.74) is 0.971. The number of rotatable bonds is 8. The molecule has 6 nitrogen and oxygen atoms in total. The lowest BCUT2D eigenvalue weighted by Crippen LogP contribution is -2.04. The summed E-state index contributed by atoms with van der Waals surface area (Å²) in [6.07, 6.45) is 3.95. The van der Waals surface area contributed by atoms with Crippen LogP contribution in [0.3, 0.4) is 0 Å². The van der Waals surface area contributed by atoms with Gasteiger partial charge in [0.05, 0.1) is 20.8 Å². The first kappa shape index (κ1) is 20.8. The van der Waals surface area contributed by atoms with E-state index < -0.39 is 0 Å². The average Bonchev–Trinajstić information content (AvgIpc) is 3.34. The van der Waals surface area contributed by atoms with Crippen molar-refractivity contribution >= 4 is 23.4 Å². The maximum Gasteiger partial charge on any atom is 0.231 e. The first-order chi connectivity index (χ1) is 14.6. The van der Waals surface area contributed by atoms with E-state index in [0.29, 0.717) is 28.8 Å². The van der Waals surface area contributed by atoms with Gasteiger partial charge < -0.3 is 23.5 Å². The van der Waals surface area contributed by atoms with Gasteiger partial charge in [0.2, 0.25) is 6.79 Å². The van der Waals surface area contributed by atoms with Crippen LogP contribution in [0.1, 0.15) is 24.7 Å². The molecule has 0 saturated heterocycles. The number of methoxy groups -OCH3 is 2. The Hall–Kier alpha value is -2.51. The van der Waals surface area contributed by atoms with E-state index in [1.54, 1.807) is 26.0 Å². The summed E-state index contributed by atoms with van der Waals surface area (Å²) in [6, 6.07) is 9.62. The monoisotopic (exact) mass is 446 g/mol. The third-order valence-corrected chi connectivity index (χ3v) is 6.02. The molecule has 0 unspecified atom stereocenters. The van der Waals surface area contributed by atoms with E-state index in [2.05, 4.69) is 17.7 Å². The van der Waals surface area contributed by atoms with Gasteiger partial charge in [-0.3, -0.25) is 0 Å². The highest BCUT2D eigenvalue weighted by molar-refractivity contribution is 7.99. The van der Waals surface area contributed by atoms with Crippen LogP contribution in [0.2, 0.25) is 5.02 Å². The van der Waals surface area contributed by atoms with Crippen molar-refractivity contribution in [2.75, 3.05) is 21.0 Å². The number of ether oxygens (including phenoxy) is 4. The van der Waals surface area contributed by atoms with E-state index >= 15 is 0 Å². The predicted molar refractivity (Wildman–Crippen MR) is 117 cm³/mol. The van der Waals surface area contributed by atoms with Gasteiger partial charge in [-0.15, -0.1) is 0 Å². The summed E-state index contributed by atoms with van der Waals surface area (Å²) in [5, 5.41) is 1.58. The highest BCUT2D eigenvalue weighted by Gasteiger charge is 2.18. The van der Waals surface area contributed by atoms with Gasteiger partial charge in [-0.05, 0) is 36.2 Å². The van der Waals surface area contributed by atoms with Crippen LogP contribution in [0, 0.1) is 0 Å². The zero-order chi connectivity index (χ0) is 21.1. The van der Waals surface area contributed by atoms with Gasteiger partial charge >= 0.3 is 0 Å². The largest absolute Gasteiger partial charge is 0.493 e. The number of hydrogen-bond acceptors (Lipinski definition) is 6. The molecule has 1 aromatic heterocycles. The second-order valence-corrected chi connectivity index (χ2v) is 8.29. The maximum absolute atomic E-state index is 6.49. The fourth-order valence-electron chi connectivity index (χ4n) is 3.30. The minimum absolute atomic E-state index is 0.230. The smallest absolute Gasteiger partial charge is 0.231 e. The van der Waals surface area contributed by atoms with E-state index in [0.717, 1.165) is 39.9 Å². The Morgan fingerprint density at radius 1 is 1.10 bits per heavy atom. The number of fused-ring (bicyclic) bond motifs is 1. The summed E-state index contributed by atoms with van der Waals surface area (Å²) in [4.78, 5) is 5.88. The third-order valence-electron chi connectivity index (χ3n) is 4.77. The Morgan fingerprint density at radius 3 is 2.60 bits per heavy atom. The fourth-order valence-corrected chi connectivity index (χ4v) is 4.39. The molecular formula is C22H23ClN2O4S. The van der Waals surface area contributed by atoms with E-state index in [1.807, 2.05) is 30.3 Å². The Kier molecular flexibility index (Phi) is 6.29. The normalized spacial score (nSPS) is 12.3. The number of benzene rings is 2. The molecule has 4 rings (SSSR count). The minimum Gasteiger partial charge on any atom is -0.493 e. The Morgan fingerprint density at radius 2 is 1.87 bits per heavy atom. The first-order valence-corrected chi connectivity index (χ1v) is 10.8. The van der Waals surface area contributed by atoms with Gasteiger partial charge in [0.25, 0.3) is 0 Å². The summed E-state index contributed by atoms with van der Waals surface area (Å²) in [5.74, 6) is 3.84. The summed E-state index contributed by atoms with van der Waals surface area (Å²) >= 11 is 8.07. The van der Waals surface area contributed by atoms with Crippen LogP contribution in [0.4, 0.5) is 0 Å². The zero-order valence-corrected chi connectivity index (χ0v) is 18.7. The van der Waals surface area contributed by atoms with Crippen LogP contribution >= 0.6 is 23.4 Å². The van der Waals surface area contributed by atoms with Gasteiger partial charge in [-0.2, -0.15) is 0 Å². The topological polar surface area (TPSA) is 54.7 Å². The predicted octanol–water partition coefficient (Wildman–Crippen LogP) is 5.43. The molecule has 0 radical (unpaired) electrons. The molecule has 1 aliphatic rings. The van der Waals surface area contributed by atoms with Crippen molar-refractivity contribution < 1.29 is 18.9 Å². The number of nitrogens with zero attached hydrogens (tertiary/aromatic N) is 2. The maximum atomic E-state index is 6.49. The highest BCUT2D eigenvalue weighted by Crippen LogP contribution is 2.38. The molecular weight excluding hydrogens is 424 g/mol. The quantitative estimate of drug-likeness (QED) is 0.459. The molecule has 30 heavy (non-hydrogen) atoms. The van der Waals surface area contributed by atoms with E-state index in [9.17, 15) is 0 Å². The third kappa shape index (κ3) is 4.32. The van der Waals surface area contributed by atoms with Crippen LogP contribution in [0.25, 0.3) is 0 Å². The fraction of sp³-hybridized carbons (Fsp3) is 0.318. The minimum atomic E-state index is 0.230. The standard InChI is InChI=1S/C22H23ClN2O4S/c1-4-5-21-24-22(30-15-6-7-17(26-2)18(9-15)27-3)12-25(21)11-14-8-19-20(10-16(14)23)29-13-28-19/h6-10,12H,4-5,11,13H2,1-3H3. The molecule has 2 heterocycles. The van der Waals surface area contributed by atoms with Crippen LogP contribution in [0.5, 0.6) is 23.0 Å². The van der Waals surface area contributed by atoms with Gasteiger partial charge in [0, 0.05) is 28.6 Å². The summed E-state index contributed by atoms with van der Waals surface area (Å²) in [7, 11) is 3.26. The van der Waals surface area contributed by atoms with Crippen molar-refractivity contribution in [2.45, 2.75) is 36.2 Å². The van der Waals surface area contributed by atoms with Gasteiger partial charge in [0.1, 0.15) is 10.9 Å². The van der Waals surface area contributed by atoms with Gasteiger partial charge in [-0.25, -0.2) is 4.98 Å². The Bertz CT molecular complexity index is 1050. The zero-order valence-electron chi connectivity index (χ0n) is 17.1. The van der Waals surface area contributed by atoms with Crippen molar-refractivity contribution in [1.29, 1.82) is 0 Å². The van der Waals surface area contributed by atoms with Gasteiger partial charge in [-0.1, -0.05) is 30.3 Å². The molecule has 8 heteroatoms. The number of hydrogen-bond donors (Lipinski definition) is 0. The lowest BCUT2D eigenvalue weighted by molar-refractivity contribution is 0.174. The molecule has 2 aromatic carbocycles. The van der Waals surface area contributed by atoms with Crippen LogP contribution < -0.4 is 18.9 Å². The molecule has 3 aromatic rings. The lowest BCUT2D eigenvalue weighted by Gasteiger charge is -2.10. The molecule has 158 valence electrons. The molecule has 0 amide bonds. The second-order valence-electron chi connectivity index (χ2n) is 6.79. The molecule has 0 atom stereocenters. The molecule has 0 bridgehead atoms. The summed E-state index contributed by atoms with van der Waals surface area (Å²) < 4.78 is 23.8. The molecule has 0 aliphatic carbocycles. The lowest BCUT2D eigenvalue weighted by atomic mass is 10.2. The second kappa shape index (κ2) is 9.10. The highest BCUT2D eigenvalue weighted by atomic mass is 35.5. The van der Waals surface area contributed by atoms with Crippen LogP contribution in [-0.4, -0.2) is 30.6 Å². The molecule has 0 fully saturated rings. The first-order valence-electron chi connectivity index (χ1n) is 9.65. The molecule has 0 spiro atoms. The average molecular weight is 447 g/mol. The van der Waals surface area contributed by atoms with E-state index in [4.69, 9.17) is 35.5 Å². The van der Waals surface area contributed by atoms with Crippen LogP contribution in [-0.2, 0) is 13.0 Å². The van der Waals surface area contributed by atoms with Gasteiger partial charge in [0.15, 0.2) is 23.0 Å². The van der Waals surface area contributed by atoms with E-state index in [-0.39, 0.29) is 6.79 Å². The van der Waals surface area contributed by atoms with Crippen molar-refractivity contribution in [3.63, 3.8) is 0 Å². The summed E-state index contributed by atoms with van der Waals surface area (Å²) in [6.45, 7) is 2.99. The Labute approximate surface area is 185 Å². The van der Waals surface area contributed by atoms with Crippen molar-refractivity contribution in [1.82, 2.24) is 9.55 Å². The molecule has 0 saturated carbocycles. The van der Waals surface area contributed by atoms with Crippen molar-refractivity contribution in [3.8, 4) is 23.0 Å². The number of aryl methyl sites for hydroxylation is 1.